The summed E-state index contributed by atoms with van der Waals surface area (Å²) in [5.74, 6) is 1.12. The number of benzene rings is 2. The van der Waals surface area contributed by atoms with Crippen molar-refractivity contribution in [1.82, 2.24) is 9.88 Å². The number of anilines is 1. The number of likely N-dealkylation sites (N-methyl/N-ethyl adjacent to an activating group) is 1. The molecule has 4 rings (SSSR count). The third-order valence-electron chi connectivity index (χ3n) is 4.60. The summed E-state index contributed by atoms with van der Waals surface area (Å²) in [4.78, 5) is 21.8. The van der Waals surface area contributed by atoms with E-state index in [1.54, 1.807) is 23.1 Å². The molecule has 0 radical (unpaired) electrons. The molecule has 6 nitrogen and oxygen atoms in total. The largest absolute Gasteiger partial charge is 0.454 e. The lowest BCUT2D eigenvalue weighted by atomic mass is 10.1. The zero-order valence-corrected chi connectivity index (χ0v) is 17.4. The fourth-order valence-corrected chi connectivity index (χ4v) is 4.18. The Bertz CT molecular complexity index is 1050. The number of amides is 1. The molecule has 0 unspecified atom stereocenters. The van der Waals surface area contributed by atoms with Crippen LogP contribution in [0.2, 0.25) is 5.02 Å². The van der Waals surface area contributed by atoms with Crippen LogP contribution < -0.4 is 14.4 Å². The van der Waals surface area contributed by atoms with Gasteiger partial charge in [0.05, 0.1) is 10.2 Å². The molecule has 1 aromatic heterocycles. The first-order valence-corrected chi connectivity index (χ1v) is 10.1. The van der Waals surface area contributed by atoms with Gasteiger partial charge in [0.2, 0.25) is 6.79 Å². The highest BCUT2D eigenvalue weighted by molar-refractivity contribution is 7.22. The van der Waals surface area contributed by atoms with E-state index < -0.39 is 0 Å². The van der Waals surface area contributed by atoms with E-state index in [0.717, 1.165) is 15.8 Å². The average Bonchev–Trinajstić information content (AvgIpc) is 3.31. The monoisotopic (exact) mass is 417 g/mol. The number of carbonyl (C=O) groups is 1. The molecule has 0 bridgehead atoms. The number of aromatic nitrogens is 1. The van der Waals surface area contributed by atoms with E-state index in [2.05, 4.69) is 0 Å². The molecule has 3 aromatic rings. The van der Waals surface area contributed by atoms with Crippen molar-refractivity contribution in [3.05, 3.63) is 46.5 Å². The minimum Gasteiger partial charge on any atom is -0.454 e. The molecule has 0 saturated heterocycles. The summed E-state index contributed by atoms with van der Waals surface area (Å²) in [5.41, 5.74) is 2.29. The first-order chi connectivity index (χ1) is 13.4. The standard InChI is InChI=1S/C20H20ClN3O3S/c1-12-14(21)5-7-17-18(12)22-20(28-17)24(9-8-23(2)3)19(25)13-4-6-15-16(10-13)27-11-26-15/h4-7,10H,8-9,11H2,1-3H3. The minimum absolute atomic E-state index is 0.122. The molecule has 2 aromatic carbocycles. The number of thiazole rings is 1. The molecule has 1 amide bonds. The van der Waals surface area contributed by atoms with Crippen LogP contribution in [-0.2, 0) is 0 Å². The first kappa shape index (κ1) is 19.0. The molecule has 0 spiro atoms. The first-order valence-electron chi connectivity index (χ1n) is 8.86. The molecule has 0 atom stereocenters. The Labute approximate surface area is 172 Å². The van der Waals surface area contributed by atoms with Crippen molar-refractivity contribution in [1.29, 1.82) is 0 Å². The van der Waals surface area contributed by atoms with Gasteiger partial charge in [0.15, 0.2) is 16.6 Å². The smallest absolute Gasteiger partial charge is 0.260 e. The van der Waals surface area contributed by atoms with Crippen LogP contribution in [0, 0.1) is 6.92 Å². The van der Waals surface area contributed by atoms with Crippen molar-refractivity contribution >= 4 is 44.2 Å². The molecular formula is C20H20ClN3O3S. The average molecular weight is 418 g/mol. The second-order valence-corrected chi connectivity index (χ2v) is 8.26. The lowest BCUT2D eigenvalue weighted by Crippen LogP contribution is -2.36. The number of hydrogen-bond acceptors (Lipinski definition) is 6. The van der Waals surface area contributed by atoms with Gasteiger partial charge in [0.25, 0.3) is 5.91 Å². The summed E-state index contributed by atoms with van der Waals surface area (Å²) >= 11 is 7.73. The predicted octanol–water partition coefficient (Wildman–Crippen LogP) is 4.20. The second-order valence-electron chi connectivity index (χ2n) is 6.84. The maximum absolute atomic E-state index is 13.3. The molecule has 146 valence electrons. The molecule has 0 aliphatic carbocycles. The summed E-state index contributed by atoms with van der Waals surface area (Å²) in [5, 5.41) is 1.33. The Hall–Kier alpha value is -2.35. The van der Waals surface area contributed by atoms with Crippen LogP contribution >= 0.6 is 22.9 Å². The van der Waals surface area contributed by atoms with Gasteiger partial charge in [0.1, 0.15) is 0 Å². The Morgan fingerprint density at radius 3 is 2.75 bits per heavy atom. The summed E-state index contributed by atoms with van der Waals surface area (Å²) < 4.78 is 11.8. The van der Waals surface area contributed by atoms with Crippen molar-refractivity contribution < 1.29 is 14.3 Å². The highest BCUT2D eigenvalue weighted by atomic mass is 35.5. The van der Waals surface area contributed by atoms with Gasteiger partial charge in [-0.25, -0.2) is 4.98 Å². The molecular weight excluding hydrogens is 398 g/mol. The van der Waals surface area contributed by atoms with E-state index in [0.29, 0.717) is 40.3 Å². The SMILES string of the molecule is Cc1c(Cl)ccc2sc(N(CCN(C)C)C(=O)c3ccc4c(c3)OCO4)nc12. The Morgan fingerprint density at radius 1 is 1.18 bits per heavy atom. The molecule has 0 N–H and O–H groups in total. The number of ether oxygens (including phenoxy) is 2. The van der Waals surface area contributed by atoms with Crippen LogP contribution in [0.4, 0.5) is 5.13 Å². The van der Waals surface area contributed by atoms with Gasteiger partial charge in [-0.3, -0.25) is 9.69 Å². The van der Waals surface area contributed by atoms with E-state index in [4.69, 9.17) is 26.1 Å². The minimum atomic E-state index is -0.122. The summed E-state index contributed by atoms with van der Waals surface area (Å²) in [6.45, 7) is 3.35. The Morgan fingerprint density at radius 2 is 1.96 bits per heavy atom. The number of fused-ring (bicyclic) bond motifs is 2. The molecule has 1 aliphatic rings. The number of nitrogens with zero attached hydrogens (tertiary/aromatic N) is 3. The van der Waals surface area contributed by atoms with Gasteiger partial charge in [-0.15, -0.1) is 0 Å². The van der Waals surface area contributed by atoms with Gasteiger partial charge in [0, 0.05) is 23.7 Å². The zero-order valence-electron chi connectivity index (χ0n) is 15.9. The predicted molar refractivity (Wildman–Crippen MR) is 112 cm³/mol. The highest BCUT2D eigenvalue weighted by Gasteiger charge is 2.24. The van der Waals surface area contributed by atoms with Crippen LogP contribution in [0.25, 0.3) is 10.2 Å². The van der Waals surface area contributed by atoms with Crippen molar-refractivity contribution in [3.63, 3.8) is 0 Å². The van der Waals surface area contributed by atoms with Gasteiger partial charge < -0.3 is 14.4 Å². The fourth-order valence-electron chi connectivity index (χ4n) is 2.97. The van der Waals surface area contributed by atoms with E-state index in [9.17, 15) is 4.79 Å². The van der Waals surface area contributed by atoms with Crippen LogP contribution in [-0.4, -0.2) is 49.8 Å². The molecule has 0 fully saturated rings. The van der Waals surface area contributed by atoms with Crippen LogP contribution in [0.3, 0.4) is 0 Å². The van der Waals surface area contributed by atoms with E-state index >= 15 is 0 Å². The van der Waals surface area contributed by atoms with Crippen LogP contribution in [0.5, 0.6) is 11.5 Å². The third kappa shape index (κ3) is 3.53. The fraction of sp³-hybridized carbons (Fsp3) is 0.300. The van der Waals surface area contributed by atoms with Crippen LogP contribution in [0.1, 0.15) is 15.9 Å². The second kappa shape index (κ2) is 7.58. The van der Waals surface area contributed by atoms with E-state index in [1.165, 1.54) is 11.3 Å². The number of rotatable bonds is 5. The molecule has 1 aliphatic heterocycles. The quantitative estimate of drug-likeness (QED) is 0.622. The van der Waals surface area contributed by atoms with Gasteiger partial charge in [-0.1, -0.05) is 22.9 Å². The highest BCUT2D eigenvalue weighted by Crippen LogP contribution is 2.36. The van der Waals surface area contributed by atoms with Gasteiger partial charge in [-0.05, 0) is 56.9 Å². The number of carbonyl (C=O) groups excluding carboxylic acids is 1. The zero-order chi connectivity index (χ0) is 19.8. The molecule has 0 saturated carbocycles. The van der Waals surface area contributed by atoms with E-state index in [1.807, 2.05) is 38.1 Å². The third-order valence-corrected chi connectivity index (χ3v) is 6.06. The van der Waals surface area contributed by atoms with Crippen LogP contribution in [0.15, 0.2) is 30.3 Å². The van der Waals surface area contributed by atoms with Crippen molar-refractivity contribution in [3.8, 4) is 11.5 Å². The number of halogens is 1. The summed E-state index contributed by atoms with van der Waals surface area (Å²) in [6.07, 6.45) is 0. The maximum atomic E-state index is 13.3. The lowest BCUT2D eigenvalue weighted by molar-refractivity contribution is 0.0984. The maximum Gasteiger partial charge on any atom is 0.260 e. The Kier molecular flexibility index (Phi) is 5.14. The van der Waals surface area contributed by atoms with Crippen molar-refractivity contribution in [2.24, 2.45) is 0 Å². The molecule has 8 heteroatoms. The van der Waals surface area contributed by atoms with Gasteiger partial charge in [-0.2, -0.15) is 0 Å². The molecule has 2 heterocycles. The normalized spacial score (nSPS) is 12.8. The number of hydrogen-bond donors (Lipinski definition) is 0. The van der Waals surface area contributed by atoms with Gasteiger partial charge >= 0.3 is 0 Å². The topological polar surface area (TPSA) is 54.9 Å². The van der Waals surface area contributed by atoms with E-state index in [-0.39, 0.29) is 12.7 Å². The summed E-state index contributed by atoms with van der Waals surface area (Å²) in [7, 11) is 3.96. The summed E-state index contributed by atoms with van der Waals surface area (Å²) in [6, 6.07) is 9.06. The lowest BCUT2D eigenvalue weighted by Gasteiger charge is -2.22. The number of aryl methyl sites for hydroxylation is 1. The van der Waals surface area contributed by atoms with Crippen molar-refractivity contribution in [2.75, 3.05) is 38.9 Å². The Balaban J connectivity index is 1.72. The van der Waals surface area contributed by atoms with Crippen molar-refractivity contribution in [2.45, 2.75) is 6.92 Å². The molecule has 28 heavy (non-hydrogen) atoms.